The van der Waals surface area contributed by atoms with Gasteiger partial charge in [0.25, 0.3) is 11.5 Å². The zero-order valence-electron chi connectivity index (χ0n) is 15.7. The molecule has 6 nitrogen and oxygen atoms in total. The van der Waals surface area contributed by atoms with E-state index < -0.39 is 11.5 Å². The molecule has 1 amide bonds. The predicted octanol–water partition coefficient (Wildman–Crippen LogP) is 3.75. The number of nitrogens with one attached hydrogen (secondary N) is 2. The summed E-state index contributed by atoms with van der Waals surface area (Å²) in [5, 5.41) is 2.73. The highest BCUT2D eigenvalue weighted by atomic mass is 16.3. The molecule has 28 heavy (non-hydrogen) atoms. The van der Waals surface area contributed by atoms with Crippen molar-refractivity contribution in [2.24, 2.45) is 0 Å². The number of carbonyl (C=O) groups excluding carboxylic acids is 2. The molecule has 1 aromatic carbocycles. The molecule has 142 valence electrons. The first kappa shape index (κ1) is 18.0. The maximum Gasteiger partial charge on any atom is 0.261 e. The van der Waals surface area contributed by atoms with Crippen molar-refractivity contribution in [2.45, 2.75) is 32.6 Å². The number of furan rings is 1. The van der Waals surface area contributed by atoms with E-state index in [2.05, 4.69) is 10.3 Å². The van der Waals surface area contributed by atoms with Crippen molar-refractivity contribution in [2.75, 3.05) is 5.32 Å². The van der Waals surface area contributed by atoms with Gasteiger partial charge in [-0.25, -0.2) is 0 Å². The molecule has 1 atom stereocenters. The lowest BCUT2D eigenvalue weighted by Crippen LogP contribution is -2.29. The summed E-state index contributed by atoms with van der Waals surface area (Å²) in [5.74, 6) is -0.0374. The Labute approximate surface area is 161 Å². The van der Waals surface area contributed by atoms with E-state index in [4.69, 9.17) is 4.42 Å². The van der Waals surface area contributed by atoms with Crippen molar-refractivity contribution in [3.05, 3.63) is 86.7 Å². The molecule has 1 aliphatic carbocycles. The second-order valence-electron chi connectivity index (χ2n) is 7.20. The number of pyridine rings is 1. The van der Waals surface area contributed by atoms with Crippen LogP contribution in [0.5, 0.6) is 0 Å². The molecule has 4 rings (SSSR count). The number of carbonyl (C=O) groups is 2. The van der Waals surface area contributed by atoms with Crippen LogP contribution in [-0.2, 0) is 6.42 Å². The van der Waals surface area contributed by atoms with Crippen LogP contribution in [0.3, 0.4) is 0 Å². The van der Waals surface area contributed by atoms with E-state index in [9.17, 15) is 14.4 Å². The van der Waals surface area contributed by atoms with E-state index >= 15 is 0 Å². The van der Waals surface area contributed by atoms with Crippen LogP contribution in [0.1, 0.15) is 55.6 Å². The van der Waals surface area contributed by atoms with E-state index in [1.807, 2.05) is 32.0 Å². The summed E-state index contributed by atoms with van der Waals surface area (Å²) in [7, 11) is 0. The number of Topliss-reactive ketones (excluding diaryl/α,β-unsaturated/α-hetero) is 1. The molecule has 6 heteroatoms. The van der Waals surface area contributed by atoms with Crippen LogP contribution in [0, 0.1) is 13.8 Å². The van der Waals surface area contributed by atoms with Gasteiger partial charge in [-0.2, -0.15) is 0 Å². The third-order valence-corrected chi connectivity index (χ3v) is 5.26. The normalized spacial score (nSPS) is 15.9. The average molecular weight is 376 g/mol. The number of hydrogen-bond acceptors (Lipinski definition) is 4. The Bertz CT molecular complexity index is 1130. The highest BCUT2D eigenvalue weighted by Gasteiger charge is 2.30. The third kappa shape index (κ3) is 3.29. The fourth-order valence-electron chi connectivity index (χ4n) is 3.54. The number of benzene rings is 1. The van der Waals surface area contributed by atoms with E-state index in [0.717, 1.165) is 16.9 Å². The smallest absolute Gasteiger partial charge is 0.261 e. The molecule has 1 aliphatic rings. The SMILES string of the molecule is Cc1ccc(NC(=O)c2cc3c([nH]c2=O)C[C@H](c2ccco2)CC3=O)cc1C. The van der Waals surface area contributed by atoms with Gasteiger partial charge in [0.15, 0.2) is 5.78 Å². The van der Waals surface area contributed by atoms with Crippen LogP contribution in [0.25, 0.3) is 0 Å². The molecule has 0 spiro atoms. The second kappa shape index (κ2) is 6.96. The summed E-state index contributed by atoms with van der Waals surface area (Å²) in [6.07, 6.45) is 2.34. The van der Waals surface area contributed by atoms with E-state index in [1.54, 1.807) is 18.4 Å². The first-order chi connectivity index (χ1) is 13.4. The minimum atomic E-state index is -0.534. The van der Waals surface area contributed by atoms with Gasteiger partial charge in [0.05, 0.1) is 6.26 Å². The monoisotopic (exact) mass is 376 g/mol. The molecule has 2 aromatic heterocycles. The summed E-state index contributed by atoms with van der Waals surface area (Å²) in [5.41, 5.74) is 3.12. The van der Waals surface area contributed by atoms with Crippen LogP contribution in [0.15, 0.2) is 51.9 Å². The lowest BCUT2D eigenvalue weighted by Gasteiger charge is -2.22. The lowest BCUT2D eigenvalue weighted by molar-refractivity contribution is 0.0959. The molecule has 3 aromatic rings. The summed E-state index contributed by atoms with van der Waals surface area (Å²) in [6.45, 7) is 3.93. The van der Waals surface area contributed by atoms with Crippen molar-refractivity contribution in [1.29, 1.82) is 0 Å². The first-order valence-electron chi connectivity index (χ1n) is 9.14. The second-order valence-corrected chi connectivity index (χ2v) is 7.20. The fraction of sp³-hybridized carbons (Fsp3) is 0.227. The first-order valence-corrected chi connectivity index (χ1v) is 9.14. The summed E-state index contributed by atoms with van der Waals surface area (Å²) < 4.78 is 5.40. The molecule has 0 fully saturated rings. The number of aromatic nitrogens is 1. The summed E-state index contributed by atoms with van der Waals surface area (Å²) >= 11 is 0. The maximum atomic E-state index is 12.6. The molecule has 2 heterocycles. The average Bonchev–Trinajstić information content (AvgIpc) is 3.19. The number of ketones is 1. The van der Waals surface area contributed by atoms with Crippen LogP contribution < -0.4 is 10.9 Å². The van der Waals surface area contributed by atoms with Crippen molar-refractivity contribution >= 4 is 17.4 Å². The van der Waals surface area contributed by atoms with Crippen molar-refractivity contribution in [3.8, 4) is 0 Å². The highest BCUT2D eigenvalue weighted by Crippen LogP contribution is 2.31. The number of anilines is 1. The molecule has 0 saturated heterocycles. The molecule has 0 unspecified atom stereocenters. The van der Waals surface area contributed by atoms with E-state index in [0.29, 0.717) is 23.4 Å². The van der Waals surface area contributed by atoms with E-state index in [1.165, 1.54) is 6.07 Å². The quantitative estimate of drug-likeness (QED) is 0.728. The maximum absolute atomic E-state index is 12.6. The number of rotatable bonds is 3. The van der Waals surface area contributed by atoms with E-state index in [-0.39, 0.29) is 23.7 Å². The number of fused-ring (bicyclic) bond motifs is 1. The Morgan fingerprint density at radius 2 is 1.93 bits per heavy atom. The number of aromatic amines is 1. The molecular formula is C22H20N2O4. The Kier molecular flexibility index (Phi) is 4.47. The van der Waals surface area contributed by atoms with Gasteiger partial charge in [-0.15, -0.1) is 0 Å². The molecule has 0 saturated carbocycles. The van der Waals surface area contributed by atoms with Gasteiger partial charge in [-0.3, -0.25) is 14.4 Å². The Balaban J connectivity index is 1.62. The van der Waals surface area contributed by atoms with Gasteiger partial charge in [0.1, 0.15) is 11.3 Å². The molecule has 0 aliphatic heterocycles. The fourth-order valence-corrected chi connectivity index (χ4v) is 3.54. The van der Waals surface area contributed by atoms with Crippen LogP contribution in [0.2, 0.25) is 0 Å². The molecule has 2 N–H and O–H groups in total. The molecule has 0 radical (unpaired) electrons. The van der Waals surface area contributed by atoms with Gasteiger partial charge in [-0.05, 0) is 61.7 Å². The number of hydrogen-bond donors (Lipinski definition) is 2. The highest BCUT2D eigenvalue weighted by molar-refractivity contribution is 6.06. The van der Waals surface area contributed by atoms with Gasteiger partial charge >= 0.3 is 0 Å². The zero-order chi connectivity index (χ0) is 19.8. The Morgan fingerprint density at radius 3 is 2.64 bits per heavy atom. The largest absolute Gasteiger partial charge is 0.469 e. The predicted molar refractivity (Wildman–Crippen MR) is 105 cm³/mol. The van der Waals surface area contributed by atoms with Gasteiger partial charge in [-0.1, -0.05) is 6.07 Å². The van der Waals surface area contributed by atoms with Gasteiger partial charge in [0, 0.05) is 29.3 Å². The van der Waals surface area contributed by atoms with Gasteiger partial charge < -0.3 is 14.7 Å². The molecular weight excluding hydrogens is 356 g/mol. The number of amides is 1. The van der Waals surface area contributed by atoms with Crippen LogP contribution >= 0.6 is 0 Å². The standard InChI is InChI=1S/C22H20N2O4/c1-12-5-6-15(8-13(12)2)23-21(26)17-11-16-18(24-22(17)27)9-14(10-19(16)25)20-4-3-7-28-20/h3-8,11,14H,9-10H2,1-2H3,(H,23,26)(H,24,27)/t14-/m0/s1. The van der Waals surface area contributed by atoms with Crippen LogP contribution in [0.4, 0.5) is 5.69 Å². The minimum Gasteiger partial charge on any atom is -0.469 e. The van der Waals surface area contributed by atoms with Crippen molar-refractivity contribution < 1.29 is 14.0 Å². The Hall–Kier alpha value is -3.41. The molecule has 0 bridgehead atoms. The summed E-state index contributed by atoms with van der Waals surface area (Å²) in [4.78, 5) is 40.5. The zero-order valence-corrected chi connectivity index (χ0v) is 15.7. The third-order valence-electron chi connectivity index (χ3n) is 5.26. The number of H-pyrrole nitrogens is 1. The number of aryl methyl sites for hydroxylation is 2. The van der Waals surface area contributed by atoms with Gasteiger partial charge in [0.2, 0.25) is 0 Å². The summed E-state index contributed by atoms with van der Waals surface area (Å²) in [6, 6.07) is 10.5. The minimum absolute atomic E-state index is 0.0678. The van der Waals surface area contributed by atoms with Crippen LogP contribution in [-0.4, -0.2) is 16.7 Å². The van der Waals surface area contributed by atoms with Crippen molar-refractivity contribution in [3.63, 3.8) is 0 Å². The lowest BCUT2D eigenvalue weighted by atomic mass is 9.84. The Morgan fingerprint density at radius 1 is 1.11 bits per heavy atom. The topological polar surface area (TPSA) is 92.2 Å². The van der Waals surface area contributed by atoms with Crippen molar-refractivity contribution in [1.82, 2.24) is 4.98 Å².